The standard InChI is InChI=1S/C9H17NO2.C6H10N2O2.CH3NO2/c1-9(2,3)12-8(11)10-6-4-5-7-10;9-6-7-3-1-2-5(4-7)8(6)10;3-1-2-4/h4-7H2,1-3H3;5,10H,1-4H2;1,4H,(H,2,3). The van der Waals surface area contributed by atoms with Crippen molar-refractivity contribution in [1.82, 2.24) is 20.3 Å². The van der Waals surface area contributed by atoms with Gasteiger partial charge in [-0.1, -0.05) is 0 Å². The molecule has 0 aliphatic carbocycles. The van der Waals surface area contributed by atoms with Crippen LogP contribution in [-0.2, 0) is 9.53 Å². The van der Waals surface area contributed by atoms with E-state index in [1.165, 1.54) is 5.48 Å². The third-order valence-corrected chi connectivity index (χ3v) is 4.02. The second-order valence-electron chi connectivity index (χ2n) is 7.29. The van der Waals surface area contributed by atoms with E-state index >= 15 is 0 Å². The van der Waals surface area contributed by atoms with Gasteiger partial charge >= 0.3 is 12.1 Å². The first-order chi connectivity index (χ1) is 12.2. The first-order valence-corrected chi connectivity index (χ1v) is 8.77. The largest absolute Gasteiger partial charge is 0.444 e. The number of hydrogen-bond acceptors (Lipinski definition) is 6. The van der Waals surface area contributed by atoms with Crippen LogP contribution in [0.5, 0.6) is 0 Å². The zero-order chi connectivity index (χ0) is 19.7. The smallest absolute Gasteiger partial charge is 0.410 e. The molecule has 10 nitrogen and oxygen atoms in total. The van der Waals surface area contributed by atoms with E-state index in [0.717, 1.165) is 56.9 Å². The van der Waals surface area contributed by atoms with Gasteiger partial charge in [0.25, 0.3) is 0 Å². The fraction of sp³-hybridized carbons (Fsp3) is 0.812. The highest BCUT2D eigenvalue weighted by atomic mass is 16.6. The Morgan fingerprint density at radius 3 is 2.23 bits per heavy atom. The van der Waals surface area contributed by atoms with Crippen molar-refractivity contribution in [3.8, 4) is 0 Å². The van der Waals surface area contributed by atoms with Crippen molar-refractivity contribution in [2.45, 2.75) is 58.1 Å². The predicted octanol–water partition coefficient (Wildman–Crippen LogP) is 1.41. The van der Waals surface area contributed by atoms with Crippen LogP contribution in [0.3, 0.4) is 0 Å². The van der Waals surface area contributed by atoms with Gasteiger partial charge < -0.3 is 14.5 Å². The van der Waals surface area contributed by atoms with Gasteiger partial charge in [-0.05, 0) is 46.5 Å². The SMILES string of the molecule is CC(C)(C)OC(=O)N1CCCC1.O=C1N2CCCC(C2)N1O.O=CNO. The molecule has 0 aromatic heterocycles. The molecule has 3 rings (SSSR count). The zero-order valence-corrected chi connectivity index (χ0v) is 15.7. The molecule has 3 aliphatic rings. The summed E-state index contributed by atoms with van der Waals surface area (Å²) in [4.78, 5) is 34.6. The molecule has 3 aliphatic heterocycles. The van der Waals surface area contributed by atoms with Crippen LogP contribution in [-0.4, -0.2) is 81.6 Å². The lowest BCUT2D eigenvalue weighted by Gasteiger charge is -2.23. The fourth-order valence-corrected chi connectivity index (χ4v) is 2.86. The second kappa shape index (κ2) is 10.2. The average Bonchev–Trinajstić information content (AvgIpc) is 3.20. The van der Waals surface area contributed by atoms with Crippen LogP contribution in [0.15, 0.2) is 0 Å². The normalized spacial score (nSPS) is 21.3. The number of likely N-dealkylation sites (tertiary alicyclic amines) is 1. The molecule has 2 bridgehead atoms. The number of nitrogens with zero attached hydrogens (tertiary/aromatic N) is 3. The number of carbonyl (C=O) groups excluding carboxylic acids is 3. The topological polar surface area (TPSA) is 123 Å². The maximum Gasteiger partial charge on any atom is 0.410 e. The second-order valence-corrected chi connectivity index (χ2v) is 7.29. The molecule has 0 spiro atoms. The Hall–Kier alpha value is -2.07. The summed E-state index contributed by atoms with van der Waals surface area (Å²) in [6, 6.07) is -0.149. The van der Waals surface area contributed by atoms with Gasteiger partial charge in [-0.15, -0.1) is 0 Å². The van der Waals surface area contributed by atoms with Crippen LogP contribution < -0.4 is 5.48 Å². The molecule has 0 aromatic carbocycles. The van der Waals surface area contributed by atoms with Crippen molar-refractivity contribution in [2.24, 2.45) is 0 Å². The summed E-state index contributed by atoms with van der Waals surface area (Å²) < 4.78 is 5.21. The van der Waals surface area contributed by atoms with E-state index in [1.54, 1.807) is 9.80 Å². The summed E-state index contributed by atoms with van der Waals surface area (Å²) in [5, 5.41) is 17.2. The molecule has 0 aromatic rings. The number of hydrogen-bond donors (Lipinski definition) is 3. The Balaban J connectivity index is 0.000000219. The van der Waals surface area contributed by atoms with Crippen molar-refractivity contribution in [2.75, 3.05) is 26.2 Å². The zero-order valence-electron chi connectivity index (χ0n) is 15.7. The van der Waals surface area contributed by atoms with Gasteiger partial charge in [-0.3, -0.25) is 15.2 Å². The van der Waals surface area contributed by atoms with Crippen molar-refractivity contribution in [1.29, 1.82) is 0 Å². The minimum absolute atomic E-state index is 0.0706. The van der Waals surface area contributed by atoms with Gasteiger partial charge in [0.2, 0.25) is 6.41 Å². The van der Waals surface area contributed by atoms with E-state index < -0.39 is 0 Å². The molecule has 1 unspecified atom stereocenters. The highest BCUT2D eigenvalue weighted by molar-refractivity contribution is 5.76. The Morgan fingerprint density at radius 2 is 1.81 bits per heavy atom. The molecule has 26 heavy (non-hydrogen) atoms. The first-order valence-electron chi connectivity index (χ1n) is 8.77. The number of hydroxylamine groups is 3. The fourth-order valence-electron chi connectivity index (χ4n) is 2.86. The van der Waals surface area contributed by atoms with E-state index in [2.05, 4.69) is 0 Å². The number of ether oxygens (including phenoxy) is 1. The van der Waals surface area contributed by atoms with Crippen molar-refractivity contribution >= 4 is 18.5 Å². The Kier molecular flexibility index (Phi) is 8.59. The molecule has 3 heterocycles. The van der Waals surface area contributed by atoms with Gasteiger partial charge in [-0.25, -0.2) is 20.1 Å². The molecule has 4 amide bonds. The molecular formula is C16H30N4O6. The number of carbonyl (C=O) groups is 3. The number of fused-ring (bicyclic) bond motifs is 2. The van der Waals surface area contributed by atoms with Crippen LogP contribution in [0.25, 0.3) is 0 Å². The van der Waals surface area contributed by atoms with Crippen LogP contribution in [0, 0.1) is 0 Å². The molecule has 150 valence electrons. The van der Waals surface area contributed by atoms with E-state index in [1.807, 2.05) is 20.8 Å². The van der Waals surface area contributed by atoms with Gasteiger partial charge in [0.15, 0.2) is 0 Å². The number of urea groups is 1. The monoisotopic (exact) mass is 374 g/mol. The number of rotatable bonds is 1. The van der Waals surface area contributed by atoms with Crippen LogP contribution >= 0.6 is 0 Å². The van der Waals surface area contributed by atoms with Gasteiger partial charge in [0.1, 0.15) is 5.60 Å². The lowest BCUT2D eigenvalue weighted by atomic mass is 10.1. The highest BCUT2D eigenvalue weighted by Gasteiger charge is 2.38. The lowest BCUT2D eigenvalue weighted by Crippen LogP contribution is -2.34. The predicted molar refractivity (Wildman–Crippen MR) is 91.6 cm³/mol. The Morgan fingerprint density at radius 1 is 1.23 bits per heavy atom. The van der Waals surface area contributed by atoms with E-state index in [-0.39, 0.29) is 30.2 Å². The lowest BCUT2D eigenvalue weighted by molar-refractivity contribution is -0.116. The van der Waals surface area contributed by atoms with E-state index in [0.29, 0.717) is 0 Å². The molecule has 10 heteroatoms. The van der Waals surface area contributed by atoms with Crippen molar-refractivity contribution < 1.29 is 29.5 Å². The Labute approximate surface area is 153 Å². The Bertz CT molecular complexity index is 472. The van der Waals surface area contributed by atoms with E-state index in [9.17, 15) is 9.59 Å². The summed E-state index contributed by atoms with van der Waals surface area (Å²) >= 11 is 0. The number of nitrogens with one attached hydrogen (secondary N) is 1. The third kappa shape index (κ3) is 7.04. The summed E-state index contributed by atoms with van der Waals surface area (Å²) in [5.41, 5.74) is 0.889. The van der Waals surface area contributed by atoms with Crippen LogP contribution in [0.2, 0.25) is 0 Å². The summed E-state index contributed by atoms with van der Waals surface area (Å²) in [6.07, 6.45) is 4.20. The molecule has 3 saturated heterocycles. The summed E-state index contributed by atoms with van der Waals surface area (Å²) in [6.45, 7) is 8.91. The van der Waals surface area contributed by atoms with Crippen LogP contribution in [0.4, 0.5) is 9.59 Å². The highest BCUT2D eigenvalue weighted by Crippen LogP contribution is 2.22. The number of amides is 4. The first kappa shape index (κ1) is 22.0. The van der Waals surface area contributed by atoms with Gasteiger partial charge in [0, 0.05) is 26.2 Å². The maximum atomic E-state index is 11.4. The quantitative estimate of drug-likeness (QED) is 0.362. The van der Waals surface area contributed by atoms with Gasteiger partial charge in [-0.2, -0.15) is 0 Å². The van der Waals surface area contributed by atoms with Crippen molar-refractivity contribution in [3.05, 3.63) is 0 Å². The molecular weight excluding hydrogens is 344 g/mol. The van der Waals surface area contributed by atoms with Gasteiger partial charge in [0.05, 0.1) is 6.04 Å². The maximum absolute atomic E-state index is 11.4. The molecule has 1 atom stereocenters. The minimum atomic E-state index is -0.361. The molecule has 0 saturated carbocycles. The van der Waals surface area contributed by atoms with Crippen LogP contribution in [0.1, 0.15) is 46.5 Å². The molecule has 3 fully saturated rings. The molecule has 0 radical (unpaired) electrons. The minimum Gasteiger partial charge on any atom is -0.444 e. The molecule has 3 N–H and O–H groups in total. The van der Waals surface area contributed by atoms with E-state index in [4.69, 9.17) is 19.9 Å². The summed E-state index contributed by atoms with van der Waals surface area (Å²) in [5.74, 6) is 0. The average molecular weight is 374 g/mol. The third-order valence-electron chi connectivity index (χ3n) is 4.02. The summed E-state index contributed by atoms with van der Waals surface area (Å²) in [7, 11) is 0. The number of piperidine rings is 1. The van der Waals surface area contributed by atoms with Crippen molar-refractivity contribution in [3.63, 3.8) is 0 Å².